The number of anilines is 3. The molecule has 296 valence electrons. The highest BCUT2D eigenvalue weighted by Crippen LogP contribution is 2.46. The van der Waals surface area contributed by atoms with Crippen molar-refractivity contribution >= 4 is 70.4 Å². The predicted octanol–water partition coefficient (Wildman–Crippen LogP) is 17.3. The van der Waals surface area contributed by atoms with Crippen LogP contribution in [0, 0.1) is 0 Å². The molecule has 0 amide bonds. The summed E-state index contributed by atoms with van der Waals surface area (Å²) in [5, 5.41) is 5.06. The highest BCUT2D eigenvalue weighted by molar-refractivity contribution is 7.26. The van der Waals surface area contributed by atoms with Crippen molar-refractivity contribution in [3.05, 3.63) is 243 Å². The molecule has 0 saturated heterocycles. The van der Waals surface area contributed by atoms with E-state index in [1.807, 2.05) is 11.3 Å². The Morgan fingerprint density at radius 1 is 0.302 bits per heavy atom. The topological polar surface area (TPSA) is 8.17 Å². The number of hydrogen-bond acceptors (Lipinski definition) is 2. The fourth-order valence-corrected chi connectivity index (χ4v) is 10.7. The fraction of sp³-hybridized carbons (Fsp3) is 0. The largest absolute Gasteiger partial charge is 0.310 e. The van der Waals surface area contributed by atoms with Gasteiger partial charge in [-0.05, 0) is 88.0 Å². The molecule has 2 aromatic heterocycles. The summed E-state index contributed by atoms with van der Waals surface area (Å²) in [6.45, 7) is 0. The van der Waals surface area contributed by atoms with E-state index in [1.54, 1.807) is 0 Å². The van der Waals surface area contributed by atoms with Crippen molar-refractivity contribution in [1.82, 2.24) is 4.57 Å². The van der Waals surface area contributed by atoms with Crippen LogP contribution >= 0.6 is 11.3 Å². The second-order valence-corrected chi connectivity index (χ2v) is 17.1. The maximum atomic E-state index is 2.48. The molecule has 0 spiro atoms. The van der Waals surface area contributed by atoms with Crippen LogP contribution in [0.4, 0.5) is 17.1 Å². The summed E-state index contributed by atoms with van der Waals surface area (Å²) < 4.78 is 5.10. The van der Waals surface area contributed by atoms with E-state index in [2.05, 4.69) is 252 Å². The van der Waals surface area contributed by atoms with Crippen molar-refractivity contribution in [2.45, 2.75) is 0 Å². The van der Waals surface area contributed by atoms with Gasteiger partial charge in [-0.15, -0.1) is 11.3 Å². The molecule has 0 aliphatic heterocycles. The van der Waals surface area contributed by atoms with Crippen LogP contribution in [0.3, 0.4) is 0 Å². The minimum atomic E-state index is 1.08. The summed E-state index contributed by atoms with van der Waals surface area (Å²) in [5.74, 6) is 0. The van der Waals surface area contributed by atoms with E-state index < -0.39 is 0 Å². The normalized spacial score (nSPS) is 11.5. The number of nitrogens with zero attached hydrogens (tertiary/aromatic N) is 2. The Balaban J connectivity index is 1.05. The lowest BCUT2D eigenvalue weighted by Crippen LogP contribution is -2.10. The lowest BCUT2D eigenvalue weighted by atomic mass is 9.92. The number of rotatable bonds is 8. The third kappa shape index (κ3) is 6.41. The smallest absolute Gasteiger partial charge is 0.0562 e. The van der Waals surface area contributed by atoms with E-state index in [-0.39, 0.29) is 0 Å². The molecule has 10 aromatic carbocycles. The third-order valence-electron chi connectivity index (χ3n) is 12.4. The van der Waals surface area contributed by atoms with E-state index in [1.165, 1.54) is 81.0 Å². The third-order valence-corrected chi connectivity index (χ3v) is 13.6. The molecule has 0 aliphatic rings. The molecule has 0 aliphatic carbocycles. The minimum absolute atomic E-state index is 1.08. The molecule has 0 N–H and O–H groups in total. The van der Waals surface area contributed by atoms with Gasteiger partial charge in [0.15, 0.2) is 0 Å². The van der Waals surface area contributed by atoms with Crippen molar-refractivity contribution in [3.63, 3.8) is 0 Å². The molecule has 0 atom stereocenters. The van der Waals surface area contributed by atoms with Crippen molar-refractivity contribution in [2.24, 2.45) is 0 Å². The number of benzene rings is 10. The molecule has 0 fully saturated rings. The zero-order valence-corrected chi connectivity index (χ0v) is 35.2. The molecule has 12 rings (SSSR count). The zero-order chi connectivity index (χ0) is 41.7. The summed E-state index contributed by atoms with van der Waals surface area (Å²) >= 11 is 1.88. The first-order chi connectivity index (χ1) is 31.3. The quantitative estimate of drug-likeness (QED) is 0.148. The molecule has 2 heterocycles. The molecule has 0 unspecified atom stereocenters. The maximum Gasteiger partial charge on any atom is 0.0562 e. The number of para-hydroxylation sites is 3. The highest BCUT2D eigenvalue weighted by atomic mass is 32.1. The maximum absolute atomic E-state index is 2.48. The first kappa shape index (κ1) is 36.8. The van der Waals surface area contributed by atoms with Gasteiger partial charge in [-0.1, -0.05) is 188 Å². The van der Waals surface area contributed by atoms with Crippen LogP contribution in [0.5, 0.6) is 0 Å². The van der Waals surface area contributed by atoms with Crippen molar-refractivity contribution < 1.29 is 0 Å². The summed E-state index contributed by atoms with van der Waals surface area (Å²) in [6, 6.07) is 88.3. The standard InChI is InChI=1S/C60H40N2S/c1-4-17-41(18-5-1)42-31-33-44(34-32-42)48-37-35-46(39-55(48)43-19-6-2-7-20-43)61(45-21-8-3-9-22-45)47-36-38-51-49-23-10-13-28-56(49)62(58(51)40-47)57-29-14-11-24-50(57)53-26-16-27-54-52-25-12-15-30-59(52)63-60(53)54/h1-40H. The Morgan fingerprint density at radius 2 is 0.857 bits per heavy atom. The summed E-state index contributed by atoms with van der Waals surface area (Å²) in [5.41, 5.74) is 16.4. The molecule has 63 heavy (non-hydrogen) atoms. The summed E-state index contributed by atoms with van der Waals surface area (Å²) in [7, 11) is 0. The Kier molecular flexibility index (Phi) is 9.06. The number of hydrogen-bond donors (Lipinski definition) is 0. The molecule has 0 bridgehead atoms. The average molecular weight is 821 g/mol. The van der Waals surface area contributed by atoms with Gasteiger partial charge >= 0.3 is 0 Å². The number of aromatic nitrogens is 1. The zero-order valence-electron chi connectivity index (χ0n) is 34.4. The Morgan fingerprint density at radius 3 is 1.67 bits per heavy atom. The van der Waals surface area contributed by atoms with E-state index in [4.69, 9.17) is 0 Å². The Hall–Kier alpha value is -7.98. The highest BCUT2D eigenvalue weighted by Gasteiger charge is 2.21. The lowest BCUT2D eigenvalue weighted by Gasteiger charge is -2.27. The first-order valence-electron chi connectivity index (χ1n) is 21.5. The van der Waals surface area contributed by atoms with Crippen molar-refractivity contribution in [1.29, 1.82) is 0 Å². The first-order valence-corrected chi connectivity index (χ1v) is 22.3. The average Bonchev–Trinajstić information content (AvgIpc) is 3.91. The molecule has 0 radical (unpaired) electrons. The van der Waals surface area contributed by atoms with Crippen LogP contribution < -0.4 is 4.90 Å². The van der Waals surface area contributed by atoms with E-state index in [9.17, 15) is 0 Å². The van der Waals surface area contributed by atoms with Gasteiger partial charge in [0, 0.05) is 59.1 Å². The second-order valence-electron chi connectivity index (χ2n) is 16.1. The van der Waals surface area contributed by atoms with Crippen LogP contribution in [0.1, 0.15) is 0 Å². The van der Waals surface area contributed by atoms with Gasteiger partial charge in [0.25, 0.3) is 0 Å². The predicted molar refractivity (Wildman–Crippen MR) is 270 cm³/mol. The molecular weight excluding hydrogens is 781 g/mol. The van der Waals surface area contributed by atoms with E-state index >= 15 is 0 Å². The van der Waals surface area contributed by atoms with Gasteiger partial charge < -0.3 is 9.47 Å². The Labute approximate surface area is 370 Å². The van der Waals surface area contributed by atoms with Crippen molar-refractivity contribution in [2.75, 3.05) is 4.90 Å². The van der Waals surface area contributed by atoms with Crippen molar-refractivity contribution in [3.8, 4) is 50.2 Å². The summed E-state index contributed by atoms with van der Waals surface area (Å²) in [6.07, 6.45) is 0. The van der Waals surface area contributed by atoms with Crippen LogP contribution in [0.25, 0.3) is 92.2 Å². The molecule has 12 aromatic rings. The van der Waals surface area contributed by atoms with Gasteiger partial charge in [0.1, 0.15) is 0 Å². The van der Waals surface area contributed by atoms with Gasteiger partial charge in [0.05, 0.1) is 16.7 Å². The second kappa shape index (κ2) is 15.5. The Bertz CT molecular complexity index is 3600. The van der Waals surface area contributed by atoms with Gasteiger partial charge in [-0.25, -0.2) is 0 Å². The fourth-order valence-electron chi connectivity index (χ4n) is 9.49. The lowest BCUT2D eigenvalue weighted by molar-refractivity contribution is 1.18. The molecule has 2 nitrogen and oxygen atoms in total. The SMILES string of the molecule is c1ccc(-c2ccc(-c3ccc(N(c4ccccc4)c4ccc5c6ccccc6n(-c6ccccc6-c6cccc7c6sc6ccccc67)c5c4)cc3-c3ccccc3)cc2)cc1. The van der Waals surface area contributed by atoms with Gasteiger partial charge in [-0.2, -0.15) is 0 Å². The number of thiophene rings is 1. The van der Waals surface area contributed by atoms with Crippen LogP contribution in [-0.4, -0.2) is 4.57 Å². The van der Waals surface area contributed by atoms with Crippen LogP contribution in [0.2, 0.25) is 0 Å². The van der Waals surface area contributed by atoms with Gasteiger partial charge in [0.2, 0.25) is 0 Å². The number of fused-ring (bicyclic) bond motifs is 6. The molecular formula is C60H40N2S. The monoisotopic (exact) mass is 820 g/mol. The van der Waals surface area contributed by atoms with E-state index in [0.717, 1.165) is 28.3 Å². The minimum Gasteiger partial charge on any atom is -0.310 e. The van der Waals surface area contributed by atoms with Crippen LogP contribution in [0.15, 0.2) is 243 Å². The van der Waals surface area contributed by atoms with Gasteiger partial charge in [-0.3, -0.25) is 0 Å². The summed E-state index contributed by atoms with van der Waals surface area (Å²) in [4.78, 5) is 2.40. The molecule has 3 heteroatoms. The molecule has 0 saturated carbocycles. The van der Waals surface area contributed by atoms with E-state index in [0.29, 0.717) is 0 Å². The van der Waals surface area contributed by atoms with Crippen LogP contribution in [-0.2, 0) is 0 Å².